The Morgan fingerprint density at radius 2 is 1.82 bits per heavy atom. The minimum atomic E-state index is -0.424. The minimum Gasteiger partial charge on any atom is -0.493 e. The van der Waals surface area contributed by atoms with Crippen LogP contribution in [-0.4, -0.2) is 48.4 Å². The van der Waals surface area contributed by atoms with Crippen molar-refractivity contribution in [3.8, 4) is 5.75 Å². The summed E-state index contributed by atoms with van der Waals surface area (Å²) in [5.74, 6) is 1.25. The third-order valence-corrected chi connectivity index (χ3v) is 6.42. The van der Waals surface area contributed by atoms with Gasteiger partial charge in [-0.2, -0.15) is 0 Å². The number of rotatable bonds is 9. The first-order valence-corrected chi connectivity index (χ1v) is 12.1. The second-order valence-corrected chi connectivity index (χ2v) is 10.1. The van der Waals surface area contributed by atoms with Gasteiger partial charge in [0, 0.05) is 50.0 Å². The molecule has 0 saturated carbocycles. The highest BCUT2D eigenvalue weighted by Crippen LogP contribution is 2.36. The number of likely N-dealkylation sites (tertiary alicyclic amines) is 1. The molecule has 33 heavy (non-hydrogen) atoms. The van der Waals surface area contributed by atoms with Gasteiger partial charge in [0.05, 0.1) is 6.61 Å². The molecule has 3 rings (SSSR count). The van der Waals surface area contributed by atoms with Crippen molar-refractivity contribution in [3.63, 3.8) is 0 Å². The number of benzene rings is 2. The van der Waals surface area contributed by atoms with E-state index in [2.05, 4.69) is 13.8 Å². The van der Waals surface area contributed by atoms with E-state index in [4.69, 9.17) is 16.3 Å². The van der Waals surface area contributed by atoms with Crippen LogP contribution in [-0.2, 0) is 16.1 Å². The highest BCUT2D eigenvalue weighted by Gasteiger charge is 2.40. The van der Waals surface area contributed by atoms with Crippen LogP contribution in [0.5, 0.6) is 5.75 Å². The van der Waals surface area contributed by atoms with Crippen molar-refractivity contribution in [3.05, 3.63) is 65.2 Å². The molecule has 0 spiro atoms. The van der Waals surface area contributed by atoms with Gasteiger partial charge in [-0.05, 0) is 48.6 Å². The standard InChI is InChI=1S/C27H35ClN2O3/c1-21(2)16-25(31)30-15-7-14-27(19-30,20-33-24-12-10-23(28)11-13-24)17-26(32)29(3)18-22-8-5-4-6-9-22/h4-6,8-13,21H,7,14-20H2,1-3H3/t27-/m1/s1. The summed E-state index contributed by atoms with van der Waals surface area (Å²) in [7, 11) is 1.84. The van der Waals surface area contributed by atoms with Crippen LogP contribution in [0.15, 0.2) is 54.6 Å². The molecule has 0 bridgehead atoms. The van der Waals surface area contributed by atoms with Crippen molar-refractivity contribution in [1.82, 2.24) is 9.80 Å². The van der Waals surface area contributed by atoms with E-state index in [9.17, 15) is 9.59 Å². The molecule has 1 heterocycles. The molecule has 1 saturated heterocycles. The first kappa shape index (κ1) is 25.1. The van der Waals surface area contributed by atoms with E-state index < -0.39 is 5.41 Å². The summed E-state index contributed by atoms with van der Waals surface area (Å²) in [4.78, 5) is 29.8. The fourth-order valence-corrected chi connectivity index (χ4v) is 4.51. The van der Waals surface area contributed by atoms with Gasteiger partial charge in [-0.1, -0.05) is 55.8 Å². The van der Waals surface area contributed by atoms with Crippen molar-refractivity contribution < 1.29 is 14.3 Å². The smallest absolute Gasteiger partial charge is 0.223 e. The van der Waals surface area contributed by atoms with E-state index in [0.717, 1.165) is 30.7 Å². The van der Waals surface area contributed by atoms with Crippen LogP contribution in [0.2, 0.25) is 5.02 Å². The highest BCUT2D eigenvalue weighted by atomic mass is 35.5. The Morgan fingerprint density at radius 1 is 1.12 bits per heavy atom. The number of nitrogens with zero attached hydrogens (tertiary/aromatic N) is 2. The van der Waals surface area contributed by atoms with Crippen molar-refractivity contribution in [2.24, 2.45) is 11.3 Å². The van der Waals surface area contributed by atoms with Crippen LogP contribution in [0.4, 0.5) is 0 Å². The van der Waals surface area contributed by atoms with Gasteiger partial charge in [0.2, 0.25) is 11.8 Å². The summed E-state index contributed by atoms with van der Waals surface area (Å²) in [6.07, 6.45) is 2.58. The molecule has 2 amide bonds. The number of carbonyl (C=O) groups excluding carboxylic acids is 2. The van der Waals surface area contributed by atoms with E-state index in [0.29, 0.717) is 43.5 Å². The number of piperidine rings is 1. The normalized spacial score (nSPS) is 18.3. The summed E-state index contributed by atoms with van der Waals surface area (Å²) >= 11 is 6.00. The minimum absolute atomic E-state index is 0.0664. The molecule has 0 unspecified atom stereocenters. The number of halogens is 1. The van der Waals surface area contributed by atoms with E-state index in [1.54, 1.807) is 17.0 Å². The van der Waals surface area contributed by atoms with E-state index in [1.165, 1.54) is 0 Å². The van der Waals surface area contributed by atoms with Crippen molar-refractivity contribution in [2.45, 2.75) is 46.1 Å². The van der Waals surface area contributed by atoms with Gasteiger partial charge in [-0.3, -0.25) is 9.59 Å². The molecule has 0 aliphatic carbocycles. The molecule has 178 valence electrons. The second kappa shape index (κ2) is 11.6. The maximum atomic E-state index is 13.3. The van der Waals surface area contributed by atoms with Crippen molar-refractivity contribution in [1.29, 1.82) is 0 Å². The fourth-order valence-electron chi connectivity index (χ4n) is 4.38. The summed E-state index contributed by atoms with van der Waals surface area (Å²) in [5, 5.41) is 0.651. The second-order valence-electron chi connectivity index (χ2n) is 9.67. The zero-order chi connectivity index (χ0) is 23.8. The summed E-state index contributed by atoms with van der Waals surface area (Å²) in [6.45, 7) is 6.33. The average molecular weight is 471 g/mol. The first-order valence-electron chi connectivity index (χ1n) is 11.7. The molecule has 2 aromatic rings. The summed E-state index contributed by atoms with van der Waals surface area (Å²) in [6, 6.07) is 17.2. The molecule has 5 nitrogen and oxygen atoms in total. The molecule has 1 aliphatic heterocycles. The number of hydrogen-bond acceptors (Lipinski definition) is 3. The Morgan fingerprint density at radius 3 is 2.48 bits per heavy atom. The lowest BCUT2D eigenvalue weighted by atomic mass is 9.77. The molecular weight excluding hydrogens is 436 g/mol. The quantitative estimate of drug-likeness (QED) is 0.491. The Labute approximate surface area is 202 Å². The monoisotopic (exact) mass is 470 g/mol. The maximum Gasteiger partial charge on any atom is 0.223 e. The van der Waals surface area contributed by atoms with E-state index in [-0.39, 0.29) is 11.8 Å². The third-order valence-electron chi connectivity index (χ3n) is 6.17. The molecule has 2 aromatic carbocycles. The molecule has 6 heteroatoms. The highest BCUT2D eigenvalue weighted by molar-refractivity contribution is 6.30. The lowest BCUT2D eigenvalue weighted by Gasteiger charge is -2.43. The first-order chi connectivity index (χ1) is 15.8. The number of hydrogen-bond donors (Lipinski definition) is 0. The van der Waals surface area contributed by atoms with Crippen molar-refractivity contribution >= 4 is 23.4 Å². The van der Waals surface area contributed by atoms with Gasteiger partial charge in [-0.25, -0.2) is 0 Å². The Hall–Kier alpha value is -2.53. The zero-order valence-electron chi connectivity index (χ0n) is 19.9. The summed E-state index contributed by atoms with van der Waals surface area (Å²) in [5.41, 5.74) is 0.671. The van der Waals surface area contributed by atoms with Crippen LogP contribution < -0.4 is 4.74 Å². The molecule has 1 atom stereocenters. The van der Waals surface area contributed by atoms with Gasteiger partial charge in [0.25, 0.3) is 0 Å². The van der Waals surface area contributed by atoms with Crippen LogP contribution in [0.3, 0.4) is 0 Å². The molecule has 1 aliphatic rings. The van der Waals surface area contributed by atoms with Gasteiger partial charge < -0.3 is 14.5 Å². The van der Waals surface area contributed by atoms with E-state index >= 15 is 0 Å². The van der Waals surface area contributed by atoms with E-state index in [1.807, 2.05) is 54.4 Å². The largest absolute Gasteiger partial charge is 0.493 e. The zero-order valence-corrected chi connectivity index (χ0v) is 20.7. The predicted octanol–water partition coefficient (Wildman–Crippen LogP) is 5.42. The molecule has 1 fully saturated rings. The fraction of sp³-hybridized carbons (Fsp3) is 0.481. The summed E-state index contributed by atoms with van der Waals surface area (Å²) < 4.78 is 6.14. The predicted molar refractivity (Wildman–Crippen MR) is 132 cm³/mol. The topological polar surface area (TPSA) is 49.9 Å². The van der Waals surface area contributed by atoms with Gasteiger partial charge >= 0.3 is 0 Å². The lowest BCUT2D eigenvalue weighted by molar-refractivity contribution is -0.141. The molecule has 0 radical (unpaired) electrons. The number of carbonyl (C=O) groups is 2. The Kier molecular flexibility index (Phi) is 8.79. The van der Waals surface area contributed by atoms with Gasteiger partial charge in [-0.15, -0.1) is 0 Å². The molecular formula is C27H35ClN2O3. The van der Waals surface area contributed by atoms with Crippen LogP contribution in [0.25, 0.3) is 0 Å². The molecule has 0 aromatic heterocycles. The Balaban J connectivity index is 1.74. The lowest BCUT2D eigenvalue weighted by Crippen LogP contribution is -2.50. The van der Waals surface area contributed by atoms with Gasteiger partial charge in [0.15, 0.2) is 0 Å². The van der Waals surface area contributed by atoms with Crippen molar-refractivity contribution in [2.75, 3.05) is 26.7 Å². The van der Waals surface area contributed by atoms with Crippen LogP contribution in [0.1, 0.15) is 45.1 Å². The third kappa shape index (κ3) is 7.50. The van der Waals surface area contributed by atoms with Gasteiger partial charge in [0.1, 0.15) is 5.75 Å². The van der Waals surface area contributed by atoms with Crippen LogP contribution >= 0.6 is 11.6 Å². The number of amides is 2. The maximum absolute atomic E-state index is 13.3. The Bertz CT molecular complexity index is 917. The SMILES string of the molecule is CC(C)CC(=O)N1CCC[C@@](COc2ccc(Cl)cc2)(CC(=O)N(C)Cc2ccccc2)C1. The average Bonchev–Trinajstić information content (AvgIpc) is 2.79. The molecule has 0 N–H and O–H groups in total. The van der Waals surface area contributed by atoms with Crippen LogP contribution in [0, 0.1) is 11.3 Å². The number of ether oxygens (including phenoxy) is 1.